The number of aryl methyl sites for hydroxylation is 1. The van der Waals surface area contributed by atoms with Gasteiger partial charge in [-0.15, -0.1) is 0 Å². The van der Waals surface area contributed by atoms with Crippen LogP contribution in [0.1, 0.15) is 22.8 Å². The van der Waals surface area contributed by atoms with E-state index in [1.807, 2.05) is 44.2 Å². The van der Waals surface area contributed by atoms with Gasteiger partial charge in [-0.2, -0.15) is 0 Å². The van der Waals surface area contributed by atoms with Gasteiger partial charge in [0, 0.05) is 18.1 Å². The number of amides is 1. The SMILES string of the molecule is CCNC(=O)c1c(C)ccnc1-c1nc2cnc3ccccc3c2[nH]1. The zero-order valence-electron chi connectivity index (χ0n) is 14.0. The van der Waals surface area contributed by atoms with E-state index in [1.165, 1.54) is 0 Å². The molecule has 6 nitrogen and oxygen atoms in total. The van der Waals surface area contributed by atoms with Crippen LogP contribution >= 0.6 is 0 Å². The Labute approximate surface area is 144 Å². The molecule has 6 heteroatoms. The number of imidazole rings is 1. The Morgan fingerprint density at radius 2 is 2.00 bits per heavy atom. The maximum absolute atomic E-state index is 12.5. The molecule has 0 radical (unpaired) electrons. The maximum Gasteiger partial charge on any atom is 0.253 e. The Morgan fingerprint density at radius 1 is 1.16 bits per heavy atom. The van der Waals surface area contributed by atoms with Crippen molar-refractivity contribution in [2.45, 2.75) is 13.8 Å². The molecule has 0 unspecified atom stereocenters. The number of benzene rings is 1. The second-order valence-electron chi connectivity index (χ2n) is 5.83. The van der Waals surface area contributed by atoms with Gasteiger partial charge in [0.25, 0.3) is 5.91 Å². The van der Waals surface area contributed by atoms with Crippen molar-refractivity contribution in [3.05, 3.63) is 53.9 Å². The van der Waals surface area contributed by atoms with Crippen LogP contribution in [0.25, 0.3) is 33.5 Å². The van der Waals surface area contributed by atoms with E-state index in [1.54, 1.807) is 12.4 Å². The number of aromatic nitrogens is 4. The van der Waals surface area contributed by atoms with E-state index >= 15 is 0 Å². The van der Waals surface area contributed by atoms with Gasteiger partial charge < -0.3 is 10.3 Å². The number of nitrogens with one attached hydrogen (secondary N) is 2. The third-order valence-electron chi connectivity index (χ3n) is 4.18. The molecule has 0 saturated heterocycles. The molecule has 3 aromatic heterocycles. The summed E-state index contributed by atoms with van der Waals surface area (Å²) in [6.07, 6.45) is 3.43. The van der Waals surface area contributed by atoms with E-state index in [0.29, 0.717) is 23.6 Å². The Morgan fingerprint density at radius 3 is 2.84 bits per heavy atom. The number of hydrogen-bond acceptors (Lipinski definition) is 4. The second-order valence-corrected chi connectivity index (χ2v) is 5.83. The van der Waals surface area contributed by atoms with Gasteiger partial charge in [0.1, 0.15) is 11.2 Å². The van der Waals surface area contributed by atoms with E-state index in [2.05, 4.69) is 25.3 Å². The van der Waals surface area contributed by atoms with Crippen LogP contribution in [0.2, 0.25) is 0 Å². The van der Waals surface area contributed by atoms with Crippen molar-refractivity contribution in [1.29, 1.82) is 0 Å². The first-order chi connectivity index (χ1) is 12.2. The highest BCUT2D eigenvalue weighted by Gasteiger charge is 2.19. The summed E-state index contributed by atoms with van der Waals surface area (Å²) < 4.78 is 0. The first-order valence-corrected chi connectivity index (χ1v) is 8.16. The molecule has 25 heavy (non-hydrogen) atoms. The fraction of sp³-hybridized carbons (Fsp3) is 0.158. The molecule has 0 fully saturated rings. The van der Waals surface area contributed by atoms with Crippen molar-refractivity contribution in [2.75, 3.05) is 6.54 Å². The lowest BCUT2D eigenvalue weighted by molar-refractivity contribution is 0.0955. The summed E-state index contributed by atoms with van der Waals surface area (Å²) >= 11 is 0. The highest BCUT2D eigenvalue weighted by Crippen LogP contribution is 2.27. The van der Waals surface area contributed by atoms with Crippen molar-refractivity contribution in [2.24, 2.45) is 0 Å². The van der Waals surface area contributed by atoms with Gasteiger partial charge >= 0.3 is 0 Å². The third-order valence-corrected chi connectivity index (χ3v) is 4.18. The Kier molecular flexibility index (Phi) is 3.65. The van der Waals surface area contributed by atoms with Crippen LogP contribution in [0.5, 0.6) is 0 Å². The normalized spacial score (nSPS) is 11.1. The first kappa shape index (κ1) is 15.3. The summed E-state index contributed by atoms with van der Waals surface area (Å²) in [5.74, 6) is 0.421. The lowest BCUT2D eigenvalue weighted by atomic mass is 10.1. The quantitative estimate of drug-likeness (QED) is 0.604. The Balaban J connectivity index is 1.95. The fourth-order valence-corrected chi connectivity index (χ4v) is 3.00. The Hall–Kier alpha value is -3.28. The smallest absolute Gasteiger partial charge is 0.253 e. The number of pyridine rings is 2. The van der Waals surface area contributed by atoms with Crippen molar-refractivity contribution < 1.29 is 4.79 Å². The first-order valence-electron chi connectivity index (χ1n) is 8.16. The number of hydrogen-bond donors (Lipinski definition) is 2. The highest BCUT2D eigenvalue weighted by atomic mass is 16.1. The predicted octanol–water partition coefficient (Wildman–Crippen LogP) is 3.23. The van der Waals surface area contributed by atoms with Gasteiger partial charge in [0.15, 0.2) is 5.82 Å². The summed E-state index contributed by atoms with van der Waals surface area (Å²) in [5.41, 5.74) is 4.49. The van der Waals surface area contributed by atoms with Crippen LogP contribution in [0, 0.1) is 6.92 Å². The van der Waals surface area contributed by atoms with E-state index in [9.17, 15) is 4.79 Å². The fourth-order valence-electron chi connectivity index (χ4n) is 3.00. The van der Waals surface area contributed by atoms with Crippen molar-refractivity contribution in [3.63, 3.8) is 0 Å². The number of rotatable bonds is 3. The molecular weight excluding hydrogens is 314 g/mol. The van der Waals surface area contributed by atoms with Crippen LogP contribution < -0.4 is 5.32 Å². The minimum absolute atomic E-state index is 0.147. The average molecular weight is 331 g/mol. The summed E-state index contributed by atoms with van der Waals surface area (Å²) in [5, 5.41) is 3.83. The minimum Gasteiger partial charge on any atom is -0.352 e. The number of nitrogens with zero attached hydrogens (tertiary/aromatic N) is 3. The van der Waals surface area contributed by atoms with Crippen LogP contribution in [0.15, 0.2) is 42.7 Å². The van der Waals surface area contributed by atoms with Gasteiger partial charge in [-0.05, 0) is 31.5 Å². The molecular formula is C19H17N5O. The molecule has 0 aliphatic carbocycles. The van der Waals surface area contributed by atoms with Crippen LogP contribution in [-0.4, -0.2) is 32.4 Å². The third kappa shape index (κ3) is 2.52. The van der Waals surface area contributed by atoms with Crippen molar-refractivity contribution in [3.8, 4) is 11.5 Å². The largest absolute Gasteiger partial charge is 0.352 e. The lowest BCUT2D eigenvalue weighted by Crippen LogP contribution is -2.24. The number of para-hydroxylation sites is 1. The molecule has 0 aliphatic rings. The van der Waals surface area contributed by atoms with Gasteiger partial charge in [-0.1, -0.05) is 18.2 Å². The van der Waals surface area contributed by atoms with Crippen LogP contribution in [0.4, 0.5) is 0 Å². The molecule has 3 heterocycles. The number of carbonyl (C=O) groups is 1. The average Bonchev–Trinajstić information content (AvgIpc) is 3.06. The molecule has 0 aliphatic heterocycles. The van der Waals surface area contributed by atoms with E-state index in [4.69, 9.17) is 0 Å². The summed E-state index contributed by atoms with van der Waals surface area (Å²) in [7, 11) is 0. The molecule has 1 amide bonds. The molecule has 0 bridgehead atoms. The van der Waals surface area contributed by atoms with Crippen molar-refractivity contribution >= 4 is 27.8 Å². The van der Waals surface area contributed by atoms with E-state index in [0.717, 1.165) is 27.5 Å². The van der Waals surface area contributed by atoms with Crippen LogP contribution in [-0.2, 0) is 0 Å². The number of carbonyl (C=O) groups excluding carboxylic acids is 1. The molecule has 4 rings (SSSR count). The molecule has 1 aromatic carbocycles. The van der Waals surface area contributed by atoms with Gasteiger partial charge in [0.05, 0.1) is 22.8 Å². The number of fused-ring (bicyclic) bond motifs is 3. The summed E-state index contributed by atoms with van der Waals surface area (Å²) in [4.78, 5) is 29.3. The monoisotopic (exact) mass is 331 g/mol. The topological polar surface area (TPSA) is 83.6 Å². The summed E-state index contributed by atoms with van der Waals surface area (Å²) in [6, 6.07) is 9.71. The molecule has 0 atom stereocenters. The predicted molar refractivity (Wildman–Crippen MR) is 97.4 cm³/mol. The minimum atomic E-state index is -0.147. The zero-order chi connectivity index (χ0) is 17.4. The molecule has 0 saturated carbocycles. The molecule has 2 N–H and O–H groups in total. The van der Waals surface area contributed by atoms with Gasteiger partial charge in [0.2, 0.25) is 0 Å². The second kappa shape index (κ2) is 5.98. The standard InChI is InChI=1S/C19H17N5O/c1-3-20-19(25)15-11(2)8-9-21-17(15)18-23-14-10-22-13-7-5-4-6-12(13)16(14)24-18/h4-10H,3H2,1-2H3,(H,20,25)(H,23,24). The number of aromatic amines is 1. The Bertz CT molecular complexity index is 1100. The molecule has 4 aromatic rings. The number of H-pyrrole nitrogens is 1. The maximum atomic E-state index is 12.5. The van der Waals surface area contributed by atoms with Gasteiger partial charge in [-0.3, -0.25) is 14.8 Å². The lowest BCUT2D eigenvalue weighted by Gasteiger charge is -2.09. The van der Waals surface area contributed by atoms with Crippen LogP contribution in [0.3, 0.4) is 0 Å². The highest BCUT2D eigenvalue weighted by molar-refractivity contribution is 6.04. The van der Waals surface area contributed by atoms with Gasteiger partial charge in [-0.25, -0.2) is 4.98 Å². The molecule has 0 spiro atoms. The zero-order valence-corrected chi connectivity index (χ0v) is 14.0. The molecule has 124 valence electrons. The summed E-state index contributed by atoms with van der Waals surface area (Å²) in [6.45, 7) is 4.35. The van der Waals surface area contributed by atoms with E-state index in [-0.39, 0.29) is 5.91 Å². The van der Waals surface area contributed by atoms with Crippen molar-refractivity contribution in [1.82, 2.24) is 25.3 Å². The van der Waals surface area contributed by atoms with E-state index < -0.39 is 0 Å².